The normalized spacial score (nSPS) is 9.92. The number of aryl methyl sites for hydroxylation is 1. The molecule has 0 radical (unpaired) electrons. The van der Waals surface area contributed by atoms with Gasteiger partial charge in [0.1, 0.15) is 0 Å². The predicted octanol–water partition coefficient (Wildman–Crippen LogP) is 3.62. The Labute approximate surface area is 82.4 Å². The summed E-state index contributed by atoms with van der Waals surface area (Å²) in [4.78, 5) is 0. The molecule has 0 fully saturated rings. The van der Waals surface area contributed by atoms with Crippen LogP contribution >= 0.6 is 21.8 Å². The van der Waals surface area contributed by atoms with Gasteiger partial charge < -0.3 is 4.31 Å². The maximum absolute atomic E-state index is 5.68. The number of hydrogen-bond acceptors (Lipinski definition) is 2. The highest BCUT2D eigenvalue weighted by molar-refractivity contribution is 8.22. The first-order valence-corrected chi connectivity index (χ1v) is 5.50. The Morgan fingerprint density at radius 2 is 1.92 bits per heavy atom. The molecule has 1 aromatic rings. The van der Waals surface area contributed by atoms with Crippen molar-refractivity contribution in [1.82, 2.24) is 0 Å². The number of anilines is 1. The monoisotopic (exact) mass is 201 g/mol. The van der Waals surface area contributed by atoms with Gasteiger partial charge in [-0.1, -0.05) is 17.7 Å². The lowest BCUT2D eigenvalue weighted by atomic mass is 10.2. The average Bonchev–Trinajstić information content (AvgIpc) is 2.10. The van der Waals surface area contributed by atoms with Crippen LogP contribution in [0.3, 0.4) is 0 Å². The first-order chi connectivity index (χ1) is 5.77. The molecule has 0 aromatic heterocycles. The van der Waals surface area contributed by atoms with E-state index < -0.39 is 0 Å². The van der Waals surface area contributed by atoms with Crippen molar-refractivity contribution in [2.75, 3.05) is 10.8 Å². The largest absolute Gasteiger partial charge is 0.303 e. The second-order valence-corrected chi connectivity index (χ2v) is 3.59. The third kappa shape index (κ3) is 2.32. The molecular weight excluding hydrogens is 190 g/mol. The maximum atomic E-state index is 5.68. The van der Waals surface area contributed by atoms with Crippen LogP contribution < -0.4 is 4.31 Å². The Kier molecular flexibility index (Phi) is 3.76. The number of benzene rings is 1. The molecule has 0 bridgehead atoms. The molecule has 0 amide bonds. The summed E-state index contributed by atoms with van der Waals surface area (Å²) in [7, 11) is 5.68. The topological polar surface area (TPSA) is 3.24 Å². The molecule has 0 unspecified atom stereocenters. The molecule has 0 saturated carbocycles. The third-order valence-corrected chi connectivity index (χ3v) is 2.83. The van der Waals surface area contributed by atoms with Crippen LogP contribution in [0.15, 0.2) is 24.3 Å². The van der Waals surface area contributed by atoms with Crippen LogP contribution in [0.25, 0.3) is 0 Å². The van der Waals surface area contributed by atoms with E-state index in [0.29, 0.717) is 0 Å². The number of halogens is 1. The molecule has 0 heterocycles. The van der Waals surface area contributed by atoms with Gasteiger partial charge in [-0.2, -0.15) is 0 Å². The van der Waals surface area contributed by atoms with Crippen LogP contribution in [-0.4, -0.2) is 6.54 Å². The standard InChI is InChI=1S/C9H12ClNS/c1-3-11(12-10)9-6-4-8(2)5-7-9/h4-7H,3H2,1-2H3. The fourth-order valence-corrected chi connectivity index (χ4v) is 1.81. The summed E-state index contributed by atoms with van der Waals surface area (Å²) < 4.78 is 2.03. The zero-order chi connectivity index (χ0) is 8.97. The van der Waals surface area contributed by atoms with Crippen molar-refractivity contribution in [3.8, 4) is 0 Å². The summed E-state index contributed by atoms with van der Waals surface area (Å²) in [6.07, 6.45) is 0. The fraction of sp³-hybridized carbons (Fsp3) is 0.333. The Morgan fingerprint density at radius 1 is 1.33 bits per heavy atom. The number of hydrogen-bond donors (Lipinski definition) is 0. The lowest BCUT2D eigenvalue weighted by Gasteiger charge is -2.17. The molecule has 1 rings (SSSR count). The smallest absolute Gasteiger partial charge is 0.0611 e. The second kappa shape index (κ2) is 4.63. The summed E-state index contributed by atoms with van der Waals surface area (Å²) in [6, 6.07) is 8.33. The first kappa shape index (κ1) is 9.75. The molecule has 1 aromatic carbocycles. The minimum Gasteiger partial charge on any atom is -0.303 e. The lowest BCUT2D eigenvalue weighted by molar-refractivity contribution is 1.12. The van der Waals surface area contributed by atoms with Crippen LogP contribution in [0.5, 0.6) is 0 Å². The SMILES string of the molecule is CCN(SCl)c1ccc(C)cc1. The molecule has 0 N–H and O–H groups in total. The number of nitrogens with zero attached hydrogens (tertiary/aromatic N) is 1. The van der Waals surface area contributed by atoms with Crippen molar-refractivity contribution < 1.29 is 0 Å². The van der Waals surface area contributed by atoms with Crippen LogP contribution in [0.2, 0.25) is 0 Å². The quantitative estimate of drug-likeness (QED) is 0.688. The highest BCUT2D eigenvalue weighted by Gasteiger charge is 2.01. The molecule has 0 saturated heterocycles. The van der Waals surface area contributed by atoms with Crippen LogP contribution in [-0.2, 0) is 0 Å². The van der Waals surface area contributed by atoms with E-state index in [-0.39, 0.29) is 0 Å². The zero-order valence-electron chi connectivity index (χ0n) is 7.25. The Hall–Kier alpha value is -0.340. The molecule has 0 aliphatic rings. The summed E-state index contributed by atoms with van der Waals surface area (Å²) in [5.74, 6) is 0. The van der Waals surface area contributed by atoms with Crippen molar-refractivity contribution in [2.24, 2.45) is 0 Å². The first-order valence-electron chi connectivity index (χ1n) is 3.91. The maximum Gasteiger partial charge on any atom is 0.0611 e. The van der Waals surface area contributed by atoms with Gasteiger partial charge in [-0.25, -0.2) is 0 Å². The van der Waals surface area contributed by atoms with Gasteiger partial charge in [0, 0.05) is 12.2 Å². The van der Waals surface area contributed by atoms with E-state index in [2.05, 4.69) is 38.1 Å². The fourth-order valence-electron chi connectivity index (χ4n) is 0.982. The van der Waals surface area contributed by atoms with Gasteiger partial charge in [-0.05, 0) is 36.7 Å². The predicted molar refractivity (Wildman–Crippen MR) is 57.6 cm³/mol. The van der Waals surface area contributed by atoms with Crippen LogP contribution in [0.4, 0.5) is 5.69 Å². The molecule has 3 heteroatoms. The zero-order valence-corrected chi connectivity index (χ0v) is 8.82. The molecule has 1 nitrogen and oxygen atoms in total. The van der Waals surface area contributed by atoms with Crippen molar-refractivity contribution in [3.05, 3.63) is 29.8 Å². The molecule has 0 aliphatic heterocycles. The number of rotatable bonds is 3. The van der Waals surface area contributed by atoms with Gasteiger partial charge >= 0.3 is 0 Å². The Balaban J connectivity index is 2.80. The minimum absolute atomic E-state index is 0.914. The van der Waals surface area contributed by atoms with E-state index in [9.17, 15) is 0 Å². The van der Waals surface area contributed by atoms with Gasteiger partial charge in [-0.3, -0.25) is 0 Å². The summed E-state index contributed by atoms with van der Waals surface area (Å²) in [5.41, 5.74) is 2.43. The van der Waals surface area contributed by atoms with Gasteiger partial charge in [0.2, 0.25) is 0 Å². The van der Waals surface area contributed by atoms with E-state index >= 15 is 0 Å². The van der Waals surface area contributed by atoms with Crippen molar-refractivity contribution in [1.29, 1.82) is 0 Å². The van der Waals surface area contributed by atoms with Gasteiger partial charge in [-0.15, -0.1) is 0 Å². The van der Waals surface area contributed by atoms with E-state index in [0.717, 1.165) is 12.2 Å². The minimum atomic E-state index is 0.914. The van der Waals surface area contributed by atoms with Crippen molar-refractivity contribution in [3.63, 3.8) is 0 Å². The lowest BCUT2D eigenvalue weighted by Crippen LogP contribution is -2.10. The van der Waals surface area contributed by atoms with Gasteiger partial charge in [0.25, 0.3) is 0 Å². The highest BCUT2D eigenvalue weighted by atomic mass is 35.7. The Bertz CT molecular complexity index is 231. The second-order valence-electron chi connectivity index (χ2n) is 2.60. The molecule has 0 atom stereocenters. The molecular formula is C9H12ClNS. The Morgan fingerprint density at radius 3 is 2.33 bits per heavy atom. The average molecular weight is 202 g/mol. The van der Waals surface area contributed by atoms with Crippen molar-refractivity contribution >= 4 is 27.5 Å². The van der Waals surface area contributed by atoms with E-state index in [1.165, 1.54) is 16.7 Å². The van der Waals surface area contributed by atoms with E-state index in [1.807, 2.05) is 4.31 Å². The third-order valence-electron chi connectivity index (χ3n) is 1.69. The summed E-state index contributed by atoms with van der Waals surface area (Å²) in [6.45, 7) is 5.07. The van der Waals surface area contributed by atoms with E-state index in [1.54, 1.807) is 0 Å². The van der Waals surface area contributed by atoms with Gasteiger partial charge in [0.05, 0.1) is 11.2 Å². The highest BCUT2D eigenvalue weighted by Crippen LogP contribution is 2.24. The van der Waals surface area contributed by atoms with Crippen molar-refractivity contribution in [2.45, 2.75) is 13.8 Å². The molecule has 0 spiro atoms. The van der Waals surface area contributed by atoms with Gasteiger partial charge in [0.15, 0.2) is 0 Å². The van der Waals surface area contributed by atoms with Crippen LogP contribution in [0, 0.1) is 6.92 Å². The summed E-state index contributed by atoms with van der Waals surface area (Å²) in [5, 5.41) is 0. The van der Waals surface area contributed by atoms with E-state index in [4.69, 9.17) is 10.7 Å². The molecule has 0 aliphatic carbocycles. The van der Waals surface area contributed by atoms with Crippen LogP contribution in [0.1, 0.15) is 12.5 Å². The molecule has 66 valence electrons. The summed E-state index contributed by atoms with van der Waals surface area (Å²) >= 11 is 1.23. The molecule has 12 heavy (non-hydrogen) atoms.